The summed E-state index contributed by atoms with van der Waals surface area (Å²) in [6.07, 6.45) is 6.29. The largest absolute Gasteiger partial charge is 0.393 e. The second-order valence-corrected chi connectivity index (χ2v) is 6.27. The van der Waals surface area contributed by atoms with Crippen LogP contribution in [0, 0.1) is 5.41 Å². The van der Waals surface area contributed by atoms with Gasteiger partial charge in [-0.05, 0) is 31.1 Å². The minimum absolute atomic E-state index is 0.336. The zero-order chi connectivity index (χ0) is 13.3. The van der Waals surface area contributed by atoms with Crippen LogP contribution in [-0.4, -0.2) is 23.1 Å². The van der Waals surface area contributed by atoms with Gasteiger partial charge in [-0.2, -0.15) is 0 Å². The van der Waals surface area contributed by atoms with Crippen molar-refractivity contribution in [3.8, 4) is 0 Å². The molecule has 1 saturated carbocycles. The fraction of sp³-hybridized carbons (Fsp3) is 0.692. The molecule has 1 aliphatic carbocycles. The summed E-state index contributed by atoms with van der Waals surface area (Å²) in [5, 5.41) is 0.336. The third-order valence-corrected chi connectivity index (χ3v) is 4.31. The number of nitrogen functional groups attached to an aromatic ring is 1. The van der Waals surface area contributed by atoms with Crippen molar-refractivity contribution in [2.75, 3.05) is 17.7 Å². The monoisotopic (exact) mass is 268 g/mol. The molecule has 18 heavy (non-hydrogen) atoms. The van der Waals surface area contributed by atoms with Gasteiger partial charge in [0, 0.05) is 13.1 Å². The van der Waals surface area contributed by atoms with Crippen LogP contribution in [0.25, 0.3) is 0 Å². The Balaban J connectivity index is 2.12. The number of rotatable bonds is 2. The summed E-state index contributed by atoms with van der Waals surface area (Å²) in [6.45, 7) is 4.66. The average Bonchev–Trinajstić information content (AvgIpc) is 2.32. The predicted molar refractivity (Wildman–Crippen MR) is 75.9 cm³/mol. The summed E-state index contributed by atoms with van der Waals surface area (Å²) in [5.74, 6) is 0.750. The van der Waals surface area contributed by atoms with Crippen molar-refractivity contribution in [3.63, 3.8) is 0 Å². The molecule has 0 bridgehead atoms. The Morgan fingerprint density at radius 1 is 1.33 bits per heavy atom. The van der Waals surface area contributed by atoms with E-state index in [1.54, 1.807) is 0 Å². The van der Waals surface area contributed by atoms with Crippen LogP contribution in [0.3, 0.4) is 0 Å². The molecule has 100 valence electrons. The topological polar surface area (TPSA) is 55.0 Å². The van der Waals surface area contributed by atoms with Crippen molar-refractivity contribution >= 4 is 23.1 Å². The number of nitrogens with two attached hydrogens (primary N) is 1. The first kappa shape index (κ1) is 13.4. The molecule has 2 rings (SSSR count). The maximum Gasteiger partial charge on any atom is 0.157 e. The van der Waals surface area contributed by atoms with Gasteiger partial charge in [0.05, 0.1) is 0 Å². The van der Waals surface area contributed by atoms with E-state index in [2.05, 4.69) is 28.7 Å². The summed E-state index contributed by atoms with van der Waals surface area (Å²) in [6, 6.07) is 0.492. The van der Waals surface area contributed by atoms with Crippen LogP contribution < -0.4 is 10.6 Å². The highest BCUT2D eigenvalue weighted by molar-refractivity contribution is 6.32. The highest BCUT2D eigenvalue weighted by Gasteiger charge is 2.30. The number of halogens is 1. The van der Waals surface area contributed by atoms with Gasteiger partial charge in [0.1, 0.15) is 12.0 Å². The van der Waals surface area contributed by atoms with E-state index in [1.807, 2.05) is 7.05 Å². The molecule has 1 aliphatic rings. The van der Waals surface area contributed by atoms with Crippen molar-refractivity contribution in [2.24, 2.45) is 5.41 Å². The minimum Gasteiger partial charge on any atom is -0.393 e. The second-order valence-electron chi connectivity index (χ2n) is 5.91. The van der Waals surface area contributed by atoms with Crippen LogP contribution in [-0.2, 0) is 0 Å². The smallest absolute Gasteiger partial charge is 0.157 e. The molecule has 0 saturated heterocycles. The number of hydrogen-bond donors (Lipinski definition) is 1. The first-order valence-corrected chi connectivity index (χ1v) is 6.77. The van der Waals surface area contributed by atoms with Crippen LogP contribution in [0.15, 0.2) is 6.33 Å². The number of nitrogens with zero attached hydrogens (tertiary/aromatic N) is 3. The summed E-state index contributed by atoms with van der Waals surface area (Å²) in [5.41, 5.74) is 6.89. The van der Waals surface area contributed by atoms with Crippen molar-refractivity contribution in [3.05, 3.63) is 11.5 Å². The van der Waals surface area contributed by atoms with E-state index in [1.165, 1.54) is 32.0 Å². The lowest BCUT2D eigenvalue weighted by molar-refractivity contribution is 0.222. The molecule has 0 aromatic carbocycles. The normalized spacial score (nSPS) is 19.8. The van der Waals surface area contributed by atoms with E-state index in [4.69, 9.17) is 17.3 Å². The number of hydrogen-bond acceptors (Lipinski definition) is 4. The Hall–Kier alpha value is -1.03. The fourth-order valence-corrected chi connectivity index (χ4v) is 2.72. The molecule has 0 spiro atoms. The first-order chi connectivity index (χ1) is 8.41. The van der Waals surface area contributed by atoms with Crippen LogP contribution in [0.5, 0.6) is 0 Å². The molecule has 1 aromatic rings. The van der Waals surface area contributed by atoms with E-state index in [-0.39, 0.29) is 0 Å². The summed E-state index contributed by atoms with van der Waals surface area (Å²) >= 11 is 5.94. The molecule has 2 N–H and O–H groups in total. The van der Waals surface area contributed by atoms with Gasteiger partial charge >= 0.3 is 0 Å². The molecular formula is C13H21ClN4. The maximum absolute atomic E-state index is 5.94. The maximum atomic E-state index is 5.94. The van der Waals surface area contributed by atoms with Crippen molar-refractivity contribution in [1.82, 2.24) is 9.97 Å². The molecule has 1 heterocycles. The molecule has 0 unspecified atom stereocenters. The van der Waals surface area contributed by atoms with E-state index >= 15 is 0 Å². The van der Waals surface area contributed by atoms with Crippen molar-refractivity contribution < 1.29 is 0 Å². The lowest BCUT2D eigenvalue weighted by atomic mass is 9.75. The molecular weight excluding hydrogens is 248 g/mol. The van der Waals surface area contributed by atoms with Crippen LogP contribution in [0.4, 0.5) is 11.5 Å². The Labute approximate surface area is 114 Å². The molecule has 4 nitrogen and oxygen atoms in total. The molecule has 0 atom stereocenters. The van der Waals surface area contributed by atoms with Gasteiger partial charge in [-0.15, -0.1) is 0 Å². The lowest BCUT2D eigenvalue weighted by Gasteiger charge is -2.39. The molecule has 5 heteroatoms. The van der Waals surface area contributed by atoms with Crippen LogP contribution in [0.1, 0.15) is 39.5 Å². The zero-order valence-corrected chi connectivity index (χ0v) is 12.0. The van der Waals surface area contributed by atoms with Gasteiger partial charge in [0.2, 0.25) is 0 Å². The lowest BCUT2D eigenvalue weighted by Crippen LogP contribution is -2.38. The first-order valence-electron chi connectivity index (χ1n) is 6.39. The van der Waals surface area contributed by atoms with Crippen LogP contribution in [0.2, 0.25) is 5.15 Å². The van der Waals surface area contributed by atoms with Crippen LogP contribution >= 0.6 is 11.6 Å². The molecule has 0 radical (unpaired) electrons. The Kier molecular flexibility index (Phi) is 3.66. The third kappa shape index (κ3) is 2.69. The SMILES string of the molecule is CN(c1ncnc(Cl)c1N)C1CCC(C)(C)CC1. The van der Waals surface area contributed by atoms with E-state index < -0.39 is 0 Å². The van der Waals surface area contributed by atoms with Crippen molar-refractivity contribution in [2.45, 2.75) is 45.6 Å². The third-order valence-electron chi connectivity index (χ3n) is 4.00. The molecule has 0 aliphatic heterocycles. The Morgan fingerprint density at radius 2 is 1.94 bits per heavy atom. The summed E-state index contributed by atoms with van der Waals surface area (Å²) < 4.78 is 0. The van der Waals surface area contributed by atoms with Gasteiger partial charge < -0.3 is 10.6 Å². The number of anilines is 2. The summed E-state index contributed by atoms with van der Waals surface area (Å²) in [4.78, 5) is 10.3. The Bertz CT molecular complexity index is 423. The van der Waals surface area contributed by atoms with E-state index in [9.17, 15) is 0 Å². The van der Waals surface area contributed by atoms with Gasteiger partial charge in [0.25, 0.3) is 0 Å². The highest BCUT2D eigenvalue weighted by atomic mass is 35.5. The van der Waals surface area contributed by atoms with E-state index in [0.717, 1.165) is 5.82 Å². The van der Waals surface area contributed by atoms with Gasteiger partial charge in [-0.1, -0.05) is 25.4 Å². The molecule has 0 amide bonds. The zero-order valence-electron chi connectivity index (χ0n) is 11.3. The fourth-order valence-electron chi connectivity index (χ4n) is 2.59. The predicted octanol–water partition coefficient (Wildman–Crippen LogP) is 3.12. The molecule has 1 fully saturated rings. The standard InChI is InChI=1S/C13H21ClN4/c1-13(2)6-4-9(5-7-13)18(3)12-10(15)11(14)16-8-17-12/h8-9H,4-7,15H2,1-3H3. The summed E-state index contributed by atoms with van der Waals surface area (Å²) in [7, 11) is 2.04. The van der Waals surface area contributed by atoms with Gasteiger partial charge in [0.15, 0.2) is 11.0 Å². The quantitative estimate of drug-likeness (QED) is 0.838. The van der Waals surface area contributed by atoms with Gasteiger partial charge in [-0.25, -0.2) is 9.97 Å². The van der Waals surface area contributed by atoms with E-state index in [0.29, 0.717) is 22.3 Å². The average molecular weight is 269 g/mol. The minimum atomic E-state index is 0.336. The second kappa shape index (κ2) is 4.92. The Morgan fingerprint density at radius 3 is 2.56 bits per heavy atom. The number of aromatic nitrogens is 2. The van der Waals surface area contributed by atoms with Gasteiger partial charge in [-0.3, -0.25) is 0 Å². The van der Waals surface area contributed by atoms with Crippen molar-refractivity contribution in [1.29, 1.82) is 0 Å². The molecule has 1 aromatic heterocycles. The highest BCUT2D eigenvalue weighted by Crippen LogP contribution is 2.38.